The van der Waals surface area contributed by atoms with Gasteiger partial charge in [-0.15, -0.1) is 0 Å². The van der Waals surface area contributed by atoms with E-state index in [0.29, 0.717) is 10.9 Å². The monoisotopic (exact) mass is 237 g/mol. The zero-order chi connectivity index (χ0) is 12.4. The molecule has 0 saturated carbocycles. The van der Waals surface area contributed by atoms with Gasteiger partial charge in [0.2, 0.25) is 5.91 Å². The molecule has 90 valence electrons. The van der Waals surface area contributed by atoms with Crippen molar-refractivity contribution in [2.45, 2.75) is 6.42 Å². The summed E-state index contributed by atoms with van der Waals surface area (Å²) in [7, 11) is 2.91. The largest absolute Gasteiger partial charge is 0.461 e. The summed E-state index contributed by atoms with van der Waals surface area (Å²) in [5.74, 6) is -0.704. The van der Waals surface area contributed by atoms with E-state index in [-0.39, 0.29) is 17.9 Å². The van der Waals surface area contributed by atoms with E-state index in [4.69, 9.17) is 9.25 Å². The summed E-state index contributed by atoms with van der Waals surface area (Å²) in [6, 6.07) is 4.68. The Bertz CT molecular complexity index is 550. The van der Waals surface area contributed by atoms with E-state index in [1.807, 2.05) is 0 Å². The van der Waals surface area contributed by atoms with E-state index in [0.717, 1.165) is 5.06 Å². The highest BCUT2D eigenvalue weighted by molar-refractivity contribution is 5.82. The molecule has 0 atom stereocenters. The van der Waals surface area contributed by atoms with Gasteiger partial charge in [0.25, 0.3) is 0 Å². The Balaban J connectivity index is 2.27. The van der Waals surface area contributed by atoms with Crippen molar-refractivity contribution >= 4 is 16.9 Å². The number of halogens is 1. The second kappa shape index (κ2) is 4.55. The van der Waals surface area contributed by atoms with Crippen LogP contribution < -0.4 is 0 Å². The predicted octanol–water partition coefficient (Wildman–Crippen LogP) is 2.13. The lowest BCUT2D eigenvalue weighted by Gasteiger charge is -2.13. The molecule has 1 aromatic carbocycles. The first kappa shape index (κ1) is 11.6. The van der Waals surface area contributed by atoms with E-state index in [1.165, 1.54) is 26.5 Å². The fraction of sp³-hybridized carbons (Fsp3) is 0.250. The average molecular weight is 237 g/mol. The Hall–Kier alpha value is -1.88. The van der Waals surface area contributed by atoms with Gasteiger partial charge >= 0.3 is 0 Å². The quantitative estimate of drug-likeness (QED) is 0.768. The van der Waals surface area contributed by atoms with Crippen LogP contribution in [0.3, 0.4) is 0 Å². The van der Waals surface area contributed by atoms with Crippen molar-refractivity contribution in [3.8, 4) is 0 Å². The summed E-state index contributed by atoms with van der Waals surface area (Å²) < 4.78 is 18.5. The number of carbonyl (C=O) groups excluding carboxylic acids is 1. The number of likely N-dealkylation sites (N-methyl/N-ethyl adjacent to an activating group) is 1. The molecule has 0 N–H and O–H groups in total. The minimum Gasteiger partial charge on any atom is -0.461 e. The molecule has 0 aliphatic rings. The topological polar surface area (TPSA) is 42.7 Å². The molecule has 2 rings (SSSR count). The summed E-state index contributed by atoms with van der Waals surface area (Å²) in [6.07, 6.45) is 1.50. The summed E-state index contributed by atoms with van der Waals surface area (Å²) >= 11 is 0. The van der Waals surface area contributed by atoms with Crippen molar-refractivity contribution in [1.29, 1.82) is 0 Å². The maximum Gasteiger partial charge on any atom is 0.250 e. The number of furan rings is 1. The summed E-state index contributed by atoms with van der Waals surface area (Å²) in [5.41, 5.74) is 0.798. The molecule has 0 aliphatic heterocycles. The zero-order valence-electron chi connectivity index (χ0n) is 9.57. The summed E-state index contributed by atoms with van der Waals surface area (Å²) in [6.45, 7) is 0. The van der Waals surface area contributed by atoms with E-state index >= 15 is 0 Å². The Kier molecular flexibility index (Phi) is 3.10. The van der Waals surface area contributed by atoms with E-state index in [9.17, 15) is 9.18 Å². The maximum atomic E-state index is 13.6. The molecule has 1 aromatic heterocycles. The van der Waals surface area contributed by atoms with Crippen LogP contribution in [0.2, 0.25) is 0 Å². The van der Waals surface area contributed by atoms with E-state index in [2.05, 4.69) is 0 Å². The van der Waals surface area contributed by atoms with Crippen molar-refractivity contribution in [2.75, 3.05) is 14.2 Å². The highest BCUT2D eigenvalue weighted by Gasteiger charge is 2.12. The third-order valence-electron chi connectivity index (χ3n) is 2.55. The second-order valence-corrected chi connectivity index (χ2v) is 3.67. The Morgan fingerprint density at radius 3 is 3.00 bits per heavy atom. The van der Waals surface area contributed by atoms with Crippen LogP contribution in [-0.4, -0.2) is 25.1 Å². The van der Waals surface area contributed by atoms with Gasteiger partial charge in [-0.2, -0.15) is 0 Å². The standard InChI is InChI=1S/C12H12FNO3/c1-14(16-2)11(15)7-8-5-9-3-4-17-12(9)10(13)6-8/h3-6H,7H2,1-2H3. The lowest BCUT2D eigenvalue weighted by atomic mass is 10.1. The smallest absolute Gasteiger partial charge is 0.250 e. The van der Waals surface area contributed by atoms with Crippen LogP contribution in [0.4, 0.5) is 4.39 Å². The lowest BCUT2D eigenvalue weighted by Crippen LogP contribution is -2.26. The van der Waals surface area contributed by atoms with Crippen LogP contribution in [0, 0.1) is 5.82 Å². The number of hydroxylamine groups is 2. The predicted molar refractivity (Wildman–Crippen MR) is 59.7 cm³/mol. The number of rotatable bonds is 3. The maximum absolute atomic E-state index is 13.6. The van der Waals surface area contributed by atoms with Crippen LogP contribution in [-0.2, 0) is 16.1 Å². The molecule has 4 nitrogen and oxygen atoms in total. The molecule has 5 heteroatoms. The molecule has 0 bridgehead atoms. The molecule has 2 aromatic rings. The fourth-order valence-corrected chi connectivity index (χ4v) is 1.59. The van der Waals surface area contributed by atoms with Crippen molar-refractivity contribution in [1.82, 2.24) is 5.06 Å². The number of amides is 1. The van der Waals surface area contributed by atoms with Gasteiger partial charge in [0, 0.05) is 12.4 Å². The third-order valence-corrected chi connectivity index (χ3v) is 2.55. The van der Waals surface area contributed by atoms with Crippen LogP contribution in [0.15, 0.2) is 28.9 Å². The average Bonchev–Trinajstić information content (AvgIpc) is 2.76. The molecular formula is C12H12FNO3. The van der Waals surface area contributed by atoms with Crippen molar-refractivity contribution in [3.05, 3.63) is 35.8 Å². The highest BCUT2D eigenvalue weighted by atomic mass is 19.1. The number of carbonyl (C=O) groups is 1. The van der Waals surface area contributed by atoms with Gasteiger partial charge < -0.3 is 4.42 Å². The van der Waals surface area contributed by atoms with Gasteiger partial charge in [-0.3, -0.25) is 9.63 Å². The van der Waals surface area contributed by atoms with Gasteiger partial charge in [0.1, 0.15) is 0 Å². The van der Waals surface area contributed by atoms with Gasteiger partial charge in [-0.25, -0.2) is 9.45 Å². The van der Waals surface area contributed by atoms with Crippen molar-refractivity contribution < 1.29 is 18.4 Å². The van der Waals surface area contributed by atoms with E-state index < -0.39 is 5.82 Å². The van der Waals surface area contributed by atoms with Crippen LogP contribution in [0.25, 0.3) is 11.0 Å². The first-order chi connectivity index (χ1) is 8.11. The minimum atomic E-state index is -0.463. The number of benzene rings is 1. The molecule has 17 heavy (non-hydrogen) atoms. The van der Waals surface area contributed by atoms with Crippen LogP contribution in [0.5, 0.6) is 0 Å². The molecule has 0 radical (unpaired) electrons. The molecule has 0 unspecified atom stereocenters. The van der Waals surface area contributed by atoms with Gasteiger partial charge in [0.15, 0.2) is 11.4 Å². The Morgan fingerprint density at radius 2 is 2.29 bits per heavy atom. The SMILES string of the molecule is CON(C)C(=O)Cc1cc(F)c2occc2c1. The second-order valence-electron chi connectivity index (χ2n) is 3.67. The summed E-state index contributed by atoms with van der Waals surface area (Å²) in [5, 5.41) is 1.75. The van der Waals surface area contributed by atoms with Gasteiger partial charge in [0.05, 0.1) is 19.8 Å². The van der Waals surface area contributed by atoms with Crippen molar-refractivity contribution in [2.24, 2.45) is 0 Å². The number of hydrogen-bond donors (Lipinski definition) is 0. The normalized spacial score (nSPS) is 10.8. The molecule has 1 amide bonds. The van der Waals surface area contributed by atoms with Crippen LogP contribution >= 0.6 is 0 Å². The number of fused-ring (bicyclic) bond motifs is 1. The molecular weight excluding hydrogens is 225 g/mol. The molecule has 0 fully saturated rings. The van der Waals surface area contributed by atoms with Gasteiger partial charge in [-0.05, 0) is 23.8 Å². The number of hydrogen-bond acceptors (Lipinski definition) is 3. The Labute approximate surface area is 97.5 Å². The highest BCUT2D eigenvalue weighted by Crippen LogP contribution is 2.21. The minimum absolute atomic E-state index is 0.0857. The molecule has 0 saturated heterocycles. The third kappa shape index (κ3) is 2.29. The lowest BCUT2D eigenvalue weighted by molar-refractivity contribution is -0.167. The first-order valence-corrected chi connectivity index (χ1v) is 5.08. The van der Waals surface area contributed by atoms with Crippen molar-refractivity contribution in [3.63, 3.8) is 0 Å². The van der Waals surface area contributed by atoms with E-state index in [1.54, 1.807) is 12.1 Å². The molecule has 0 spiro atoms. The fourth-order valence-electron chi connectivity index (χ4n) is 1.59. The summed E-state index contributed by atoms with van der Waals surface area (Å²) in [4.78, 5) is 16.3. The van der Waals surface area contributed by atoms with Gasteiger partial charge in [-0.1, -0.05) is 0 Å². The Morgan fingerprint density at radius 1 is 1.53 bits per heavy atom. The zero-order valence-corrected chi connectivity index (χ0v) is 9.57. The number of nitrogens with zero attached hydrogens (tertiary/aromatic N) is 1. The molecule has 0 aliphatic carbocycles. The first-order valence-electron chi connectivity index (χ1n) is 5.08. The van der Waals surface area contributed by atoms with Crippen LogP contribution in [0.1, 0.15) is 5.56 Å². The molecule has 1 heterocycles.